The summed E-state index contributed by atoms with van der Waals surface area (Å²) in [6, 6.07) is -0.638. The van der Waals surface area contributed by atoms with Crippen molar-refractivity contribution in [3.8, 4) is 0 Å². The summed E-state index contributed by atoms with van der Waals surface area (Å²) < 4.78 is 0. The van der Waals surface area contributed by atoms with Crippen molar-refractivity contribution in [1.82, 2.24) is 5.32 Å². The first-order valence-corrected chi connectivity index (χ1v) is 17.4. The van der Waals surface area contributed by atoms with Gasteiger partial charge in [-0.15, -0.1) is 0 Å². The molecule has 3 N–H and O–H groups in total. The van der Waals surface area contributed by atoms with Crippen molar-refractivity contribution in [2.75, 3.05) is 6.61 Å². The topological polar surface area (TPSA) is 69.6 Å². The monoisotopic (exact) mass is 574 g/mol. The standard InChI is InChI=1S/C37H67NO3/c1-3-5-7-9-11-13-15-16-17-18-19-20-21-22-23-25-27-29-31-33-37(41)38-35(34-39)36(40)32-30-28-26-24-14-12-10-8-6-4-2/h11,13-14,16-17,24,30,32,35-36,39-40H,3-10,12,15,18-23,25-29,31,33-34H2,1-2H3,(H,38,41)/b13-11-,17-16-,24-14+,32-30+. The number of carbonyl (C=O) groups excluding carboxylic acids is 1. The van der Waals surface area contributed by atoms with Crippen LogP contribution in [0, 0.1) is 0 Å². The number of hydrogen-bond acceptors (Lipinski definition) is 3. The Morgan fingerprint density at radius 3 is 1.61 bits per heavy atom. The van der Waals surface area contributed by atoms with Gasteiger partial charge in [-0.2, -0.15) is 0 Å². The van der Waals surface area contributed by atoms with Gasteiger partial charge in [-0.05, 0) is 64.2 Å². The quantitative estimate of drug-likeness (QED) is 0.0591. The van der Waals surface area contributed by atoms with Crippen LogP contribution < -0.4 is 5.32 Å². The number of aliphatic hydroxyl groups excluding tert-OH is 2. The zero-order valence-electron chi connectivity index (χ0n) is 27.0. The molecule has 2 unspecified atom stereocenters. The highest BCUT2D eigenvalue weighted by Gasteiger charge is 2.17. The third-order valence-corrected chi connectivity index (χ3v) is 7.53. The van der Waals surface area contributed by atoms with Crippen LogP contribution in [0.3, 0.4) is 0 Å². The minimum absolute atomic E-state index is 0.0837. The molecule has 0 aromatic carbocycles. The molecule has 4 nitrogen and oxygen atoms in total. The maximum Gasteiger partial charge on any atom is 0.220 e. The summed E-state index contributed by atoms with van der Waals surface area (Å²) in [4.78, 5) is 12.3. The molecule has 41 heavy (non-hydrogen) atoms. The first kappa shape index (κ1) is 39.4. The van der Waals surface area contributed by atoms with Crippen LogP contribution in [0.1, 0.15) is 162 Å². The lowest BCUT2D eigenvalue weighted by atomic mass is 10.1. The highest BCUT2D eigenvalue weighted by atomic mass is 16.3. The molecule has 0 aliphatic heterocycles. The number of hydrogen-bond donors (Lipinski definition) is 3. The summed E-state index contributed by atoms with van der Waals surface area (Å²) >= 11 is 0. The van der Waals surface area contributed by atoms with Crippen LogP contribution in [0.4, 0.5) is 0 Å². The van der Waals surface area contributed by atoms with E-state index < -0.39 is 12.1 Å². The van der Waals surface area contributed by atoms with Crippen molar-refractivity contribution < 1.29 is 15.0 Å². The second-order valence-electron chi connectivity index (χ2n) is 11.6. The lowest BCUT2D eigenvalue weighted by molar-refractivity contribution is -0.123. The molecule has 0 heterocycles. The van der Waals surface area contributed by atoms with Gasteiger partial charge >= 0.3 is 0 Å². The molecule has 1 amide bonds. The summed E-state index contributed by atoms with van der Waals surface area (Å²) in [5, 5.41) is 22.7. The van der Waals surface area contributed by atoms with Crippen LogP contribution in [0.5, 0.6) is 0 Å². The molecule has 0 saturated heterocycles. The van der Waals surface area contributed by atoms with Gasteiger partial charge < -0.3 is 15.5 Å². The lowest BCUT2D eigenvalue weighted by Crippen LogP contribution is -2.45. The zero-order valence-corrected chi connectivity index (χ0v) is 27.0. The molecule has 2 atom stereocenters. The van der Waals surface area contributed by atoms with E-state index in [4.69, 9.17) is 0 Å². The highest BCUT2D eigenvalue weighted by Crippen LogP contribution is 2.12. The minimum atomic E-state index is -0.861. The number of carbonyl (C=O) groups is 1. The van der Waals surface area contributed by atoms with Crippen molar-refractivity contribution >= 4 is 5.91 Å². The number of rotatable bonds is 30. The Kier molecular flexibility index (Phi) is 31.5. The average molecular weight is 574 g/mol. The molecule has 0 rings (SSSR count). The van der Waals surface area contributed by atoms with Crippen LogP contribution in [0.25, 0.3) is 0 Å². The van der Waals surface area contributed by atoms with Gasteiger partial charge in [0.2, 0.25) is 5.91 Å². The van der Waals surface area contributed by atoms with Crippen molar-refractivity contribution in [2.24, 2.45) is 0 Å². The van der Waals surface area contributed by atoms with Gasteiger partial charge in [0, 0.05) is 6.42 Å². The molecule has 0 fully saturated rings. The SMILES string of the molecule is CCCCC/C=C\C/C=C\CCCCCCCCCCCC(=O)NC(CO)C(O)/C=C/CC/C=C/CCCCCC. The van der Waals surface area contributed by atoms with Gasteiger partial charge in [0.25, 0.3) is 0 Å². The molecule has 0 aliphatic rings. The van der Waals surface area contributed by atoms with E-state index in [0.29, 0.717) is 6.42 Å². The number of amides is 1. The fraction of sp³-hybridized carbons (Fsp3) is 0.757. The van der Waals surface area contributed by atoms with E-state index in [-0.39, 0.29) is 12.5 Å². The van der Waals surface area contributed by atoms with E-state index in [9.17, 15) is 15.0 Å². The summed E-state index contributed by atoms with van der Waals surface area (Å²) in [6.07, 6.45) is 43.3. The molecular formula is C37H67NO3. The Morgan fingerprint density at radius 1 is 0.585 bits per heavy atom. The summed E-state index contributed by atoms with van der Waals surface area (Å²) in [5.41, 5.74) is 0. The molecule has 0 spiro atoms. The van der Waals surface area contributed by atoms with E-state index in [1.807, 2.05) is 6.08 Å². The van der Waals surface area contributed by atoms with Crippen molar-refractivity contribution in [3.63, 3.8) is 0 Å². The zero-order chi connectivity index (χ0) is 30.1. The largest absolute Gasteiger partial charge is 0.394 e. The van der Waals surface area contributed by atoms with Gasteiger partial charge in [-0.1, -0.05) is 140 Å². The van der Waals surface area contributed by atoms with Gasteiger partial charge in [0.1, 0.15) is 0 Å². The molecule has 0 aliphatic carbocycles. The van der Waals surface area contributed by atoms with Crippen LogP contribution >= 0.6 is 0 Å². The first-order valence-electron chi connectivity index (χ1n) is 17.4. The third-order valence-electron chi connectivity index (χ3n) is 7.53. The highest BCUT2D eigenvalue weighted by molar-refractivity contribution is 5.76. The fourth-order valence-corrected chi connectivity index (χ4v) is 4.81. The maximum absolute atomic E-state index is 12.3. The first-order chi connectivity index (χ1) is 20.2. The summed E-state index contributed by atoms with van der Waals surface area (Å²) in [5.74, 6) is -0.0837. The van der Waals surface area contributed by atoms with E-state index in [0.717, 1.165) is 38.5 Å². The van der Waals surface area contributed by atoms with E-state index >= 15 is 0 Å². The molecular weight excluding hydrogens is 506 g/mol. The Balaban J connectivity index is 3.65. The van der Waals surface area contributed by atoms with Crippen molar-refractivity contribution in [1.29, 1.82) is 0 Å². The molecule has 0 aromatic heterocycles. The Hall–Kier alpha value is -1.65. The van der Waals surface area contributed by atoms with E-state index in [2.05, 4.69) is 55.6 Å². The smallest absolute Gasteiger partial charge is 0.220 e. The van der Waals surface area contributed by atoms with Crippen molar-refractivity contribution in [2.45, 2.75) is 174 Å². The fourth-order valence-electron chi connectivity index (χ4n) is 4.81. The second-order valence-corrected chi connectivity index (χ2v) is 11.6. The van der Waals surface area contributed by atoms with Crippen LogP contribution in [0.2, 0.25) is 0 Å². The number of nitrogens with one attached hydrogen (secondary N) is 1. The third kappa shape index (κ3) is 29.6. The second kappa shape index (κ2) is 32.9. The Morgan fingerprint density at radius 2 is 1.02 bits per heavy atom. The predicted octanol–water partition coefficient (Wildman–Crippen LogP) is 10.1. The minimum Gasteiger partial charge on any atom is -0.394 e. The van der Waals surface area contributed by atoms with Gasteiger partial charge in [-0.25, -0.2) is 0 Å². The summed E-state index contributed by atoms with van der Waals surface area (Å²) in [7, 11) is 0. The molecule has 0 aromatic rings. The molecule has 0 saturated carbocycles. The predicted molar refractivity (Wildman–Crippen MR) is 179 cm³/mol. The number of aliphatic hydroxyl groups is 2. The van der Waals surface area contributed by atoms with Crippen LogP contribution in [0.15, 0.2) is 48.6 Å². The molecule has 238 valence electrons. The van der Waals surface area contributed by atoms with E-state index in [1.165, 1.54) is 103 Å². The molecule has 0 bridgehead atoms. The average Bonchev–Trinajstić information content (AvgIpc) is 2.97. The van der Waals surface area contributed by atoms with Gasteiger partial charge in [0.05, 0.1) is 18.8 Å². The van der Waals surface area contributed by atoms with Gasteiger partial charge in [0.15, 0.2) is 0 Å². The Labute approximate surface area is 254 Å². The Bertz CT molecular complexity index is 667. The number of allylic oxidation sites excluding steroid dienone is 7. The van der Waals surface area contributed by atoms with Crippen LogP contribution in [-0.2, 0) is 4.79 Å². The summed E-state index contributed by atoms with van der Waals surface area (Å²) in [6.45, 7) is 4.21. The normalized spacial score (nSPS) is 13.8. The number of unbranched alkanes of at least 4 members (excludes halogenated alkanes) is 17. The van der Waals surface area contributed by atoms with Crippen molar-refractivity contribution in [3.05, 3.63) is 48.6 Å². The lowest BCUT2D eigenvalue weighted by Gasteiger charge is -2.19. The maximum atomic E-state index is 12.3. The molecule has 4 heteroatoms. The van der Waals surface area contributed by atoms with Crippen LogP contribution in [-0.4, -0.2) is 34.9 Å². The van der Waals surface area contributed by atoms with Gasteiger partial charge in [-0.3, -0.25) is 4.79 Å². The van der Waals surface area contributed by atoms with E-state index in [1.54, 1.807) is 6.08 Å². The molecule has 0 radical (unpaired) electrons.